The predicted octanol–water partition coefficient (Wildman–Crippen LogP) is 6.01. The zero-order chi connectivity index (χ0) is 21.7. The van der Waals surface area contributed by atoms with Gasteiger partial charge in [0, 0.05) is 33.5 Å². The van der Waals surface area contributed by atoms with E-state index in [1.807, 2.05) is 12.1 Å². The minimum Gasteiger partial charge on any atom is -0.421 e. The van der Waals surface area contributed by atoms with E-state index in [4.69, 9.17) is 27.6 Å². The molecule has 0 bridgehead atoms. The molecule has 0 fully saturated rings. The summed E-state index contributed by atoms with van der Waals surface area (Å²) in [7, 11) is 0. The monoisotopic (exact) mass is 451 g/mol. The van der Waals surface area contributed by atoms with Crippen LogP contribution in [0, 0.1) is 10.1 Å². The summed E-state index contributed by atoms with van der Waals surface area (Å²) in [6.45, 7) is 0. The number of non-ortho nitro benzene ring substituents is 1. The summed E-state index contributed by atoms with van der Waals surface area (Å²) >= 11 is 12.5. The summed E-state index contributed by atoms with van der Waals surface area (Å²) in [5, 5.41) is 17.8. The Morgan fingerprint density at radius 3 is 2.45 bits per heavy atom. The third-order valence-corrected chi connectivity index (χ3v) is 5.48. The largest absolute Gasteiger partial charge is 0.421 e. The van der Waals surface area contributed by atoms with Gasteiger partial charge in [-0.05, 0) is 36.4 Å². The van der Waals surface area contributed by atoms with Gasteiger partial charge < -0.3 is 4.42 Å². The molecule has 0 unspecified atom stereocenters. The van der Waals surface area contributed by atoms with E-state index in [1.54, 1.807) is 30.3 Å². The van der Waals surface area contributed by atoms with Crippen LogP contribution in [0.1, 0.15) is 0 Å². The van der Waals surface area contributed by atoms with E-state index in [-0.39, 0.29) is 11.2 Å². The summed E-state index contributed by atoms with van der Waals surface area (Å²) in [5.74, 6) is 0. The van der Waals surface area contributed by atoms with Gasteiger partial charge >= 0.3 is 5.63 Å². The van der Waals surface area contributed by atoms with Gasteiger partial charge in [0.15, 0.2) is 5.52 Å². The number of para-hydroxylation sites is 1. The molecular weight excluding hydrogens is 441 g/mol. The number of aromatic nitrogens is 2. The first kappa shape index (κ1) is 19.3. The minimum absolute atomic E-state index is 0.0707. The second kappa shape index (κ2) is 7.23. The maximum Gasteiger partial charge on any atom is 0.363 e. The summed E-state index contributed by atoms with van der Waals surface area (Å²) < 4.78 is 6.93. The molecule has 0 amide bonds. The molecule has 0 radical (unpaired) electrons. The molecule has 0 saturated carbocycles. The Morgan fingerprint density at radius 2 is 1.74 bits per heavy atom. The second-order valence-corrected chi connectivity index (χ2v) is 7.61. The fraction of sp³-hybridized carbons (Fsp3) is 0. The zero-order valence-corrected chi connectivity index (χ0v) is 17.1. The molecule has 7 nitrogen and oxygen atoms in total. The van der Waals surface area contributed by atoms with E-state index < -0.39 is 10.5 Å². The lowest BCUT2D eigenvalue weighted by molar-refractivity contribution is -0.384. The second-order valence-electron chi connectivity index (χ2n) is 6.77. The quantitative estimate of drug-likeness (QED) is 0.190. The molecule has 0 N–H and O–H groups in total. The Kier molecular flexibility index (Phi) is 4.50. The lowest BCUT2D eigenvalue weighted by atomic mass is 10.0. The molecule has 0 atom stereocenters. The minimum atomic E-state index is -0.587. The average molecular weight is 452 g/mol. The highest BCUT2D eigenvalue weighted by Crippen LogP contribution is 2.37. The summed E-state index contributed by atoms with van der Waals surface area (Å²) in [5.41, 5.74) is 1.49. The van der Waals surface area contributed by atoms with Crippen molar-refractivity contribution < 1.29 is 9.34 Å². The summed E-state index contributed by atoms with van der Waals surface area (Å²) in [6.07, 6.45) is 0. The van der Waals surface area contributed by atoms with Crippen molar-refractivity contribution in [3.63, 3.8) is 0 Å². The van der Waals surface area contributed by atoms with Crippen LogP contribution in [0.3, 0.4) is 0 Å². The van der Waals surface area contributed by atoms with Crippen LogP contribution in [0.5, 0.6) is 0 Å². The number of nitro groups is 1. The highest BCUT2D eigenvalue weighted by Gasteiger charge is 2.22. The molecule has 2 heterocycles. The number of nitrogens with zero attached hydrogens (tertiary/aromatic N) is 3. The van der Waals surface area contributed by atoms with Crippen molar-refractivity contribution in [2.24, 2.45) is 0 Å². The molecule has 0 aliphatic carbocycles. The van der Waals surface area contributed by atoms with Gasteiger partial charge in [-0.15, -0.1) is 0 Å². The molecule has 31 heavy (non-hydrogen) atoms. The first-order valence-electron chi connectivity index (χ1n) is 9.09. The van der Waals surface area contributed by atoms with Crippen LogP contribution in [-0.4, -0.2) is 14.7 Å². The Labute approximate surface area is 184 Å². The Hall–Kier alpha value is -3.68. The topological polar surface area (TPSA) is 91.2 Å². The van der Waals surface area contributed by atoms with Crippen molar-refractivity contribution in [1.29, 1.82) is 0 Å². The van der Waals surface area contributed by atoms with Crippen molar-refractivity contribution in [3.05, 3.63) is 97.3 Å². The first-order valence-corrected chi connectivity index (χ1v) is 9.84. The number of nitro benzene ring substituents is 1. The Bertz CT molecular complexity index is 1560. The molecular formula is C22H11Cl2N3O4. The van der Waals surface area contributed by atoms with Gasteiger partial charge in [-0.25, -0.2) is 9.48 Å². The molecule has 0 aliphatic rings. The summed E-state index contributed by atoms with van der Waals surface area (Å²) in [6, 6.07) is 17.9. The van der Waals surface area contributed by atoms with Crippen molar-refractivity contribution >= 4 is 50.8 Å². The van der Waals surface area contributed by atoms with Gasteiger partial charge in [0.05, 0.1) is 15.6 Å². The Morgan fingerprint density at radius 1 is 1.00 bits per heavy atom. The number of fused-ring (bicyclic) bond motifs is 3. The van der Waals surface area contributed by atoms with Crippen LogP contribution >= 0.6 is 23.2 Å². The number of hydrogen-bond donors (Lipinski definition) is 0. The van der Waals surface area contributed by atoms with Crippen molar-refractivity contribution in [1.82, 2.24) is 9.78 Å². The van der Waals surface area contributed by atoms with E-state index in [0.29, 0.717) is 43.3 Å². The third kappa shape index (κ3) is 3.15. The first-order chi connectivity index (χ1) is 14.9. The lowest BCUT2D eigenvalue weighted by Gasteiger charge is -2.03. The Balaban J connectivity index is 1.90. The smallest absolute Gasteiger partial charge is 0.363 e. The summed E-state index contributed by atoms with van der Waals surface area (Å²) in [4.78, 5) is 23.5. The van der Waals surface area contributed by atoms with Gasteiger partial charge in [0.2, 0.25) is 0 Å². The molecule has 5 aromatic rings. The number of halogens is 2. The van der Waals surface area contributed by atoms with Crippen LogP contribution in [0.25, 0.3) is 38.8 Å². The van der Waals surface area contributed by atoms with Gasteiger partial charge in [0.1, 0.15) is 11.3 Å². The number of hydrogen-bond acceptors (Lipinski definition) is 5. The molecule has 5 rings (SSSR count). The van der Waals surface area contributed by atoms with Crippen molar-refractivity contribution in [3.8, 4) is 16.9 Å². The van der Waals surface area contributed by atoms with E-state index in [9.17, 15) is 14.9 Å². The van der Waals surface area contributed by atoms with Crippen LogP contribution in [0.15, 0.2) is 75.9 Å². The fourth-order valence-corrected chi connectivity index (χ4v) is 4.04. The molecule has 2 aromatic heterocycles. The highest BCUT2D eigenvalue weighted by atomic mass is 35.5. The standard InChI is InChI=1S/C22H11Cl2N3O4/c23-12-5-10-15(17(24)11-12)20-19-16-3-1-2-4-18(16)31-22(28)21(19)26(25-20)13-6-8-14(9-7-13)27(29)30/h1-11H. The molecule has 9 heteroatoms. The predicted molar refractivity (Wildman–Crippen MR) is 119 cm³/mol. The van der Waals surface area contributed by atoms with Crippen molar-refractivity contribution in [2.45, 2.75) is 0 Å². The zero-order valence-electron chi connectivity index (χ0n) is 15.6. The maximum atomic E-state index is 13.0. The molecule has 0 aliphatic heterocycles. The maximum absolute atomic E-state index is 13.0. The van der Waals surface area contributed by atoms with E-state index in [1.165, 1.54) is 28.9 Å². The van der Waals surface area contributed by atoms with Crippen LogP contribution in [0.2, 0.25) is 10.0 Å². The molecule has 0 saturated heterocycles. The van der Waals surface area contributed by atoms with Gasteiger partial charge in [-0.2, -0.15) is 5.10 Å². The fourth-order valence-electron chi connectivity index (χ4n) is 3.54. The van der Waals surface area contributed by atoms with Crippen molar-refractivity contribution in [2.75, 3.05) is 0 Å². The normalized spacial score (nSPS) is 11.3. The van der Waals surface area contributed by atoms with E-state index in [2.05, 4.69) is 5.10 Å². The van der Waals surface area contributed by atoms with Gasteiger partial charge in [-0.3, -0.25) is 10.1 Å². The lowest BCUT2D eigenvalue weighted by Crippen LogP contribution is -2.07. The van der Waals surface area contributed by atoms with Crippen LogP contribution in [0.4, 0.5) is 5.69 Å². The SMILES string of the molecule is O=c1oc2ccccc2c2c(-c3ccc(Cl)cc3Cl)nn(-c3ccc([N+](=O)[O-])cc3)c12. The molecule has 152 valence electrons. The van der Waals surface area contributed by atoms with E-state index in [0.717, 1.165) is 0 Å². The highest BCUT2D eigenvalue weighted by molar-refractivity contribution is 6.36. The van der Waals surface area contributed by atoms with Crippen LogP contribution in [-0.2, 0) is 0 Å². The molecule has 3 aromatic carbocycles. The number of rotatable bonds is 3. The van der Waals surface area contributed by atoms with Gasteiger partial charge in [-0.1, -0.05) is 41.4 Å². The van der Waals surface area contributed by atoms with Gasteiger partial charge in [0.25, 0.3) is 5.69 Å². The van der Waals surface area contributed by atoms with Crippen LogP contribution < -0.4 is 5.63 Å². The van der Waals surface area contributed by atoms with E-state index >= 15 is 0 Å². The average Bonchev–Trinajstić information content (AvgIpc) is 3.15. The third-order valence-electron chi connectivity index (χ3n) is 4.93. The molecule has 0 spiro atoms. The number of benzene rings is 3.